The predicted octanol–water partition coefficient (Wildman–Crippen LogP) is 5.86. The fourth-order valence-electron chi connectivity index (χ4n) is 2.54. The van der Waals surface area contributed by atoms with E-state index in [1.165, 1.54) is 22.9 Å². The van der Waals surface area contributed by atoms with Crippen LogP contribution in [0, 0.1) is 13.8 Å². The lowest BCUT2D eigenvalue weighted by molar-refractivity contribution is -0.112. The average molecular weight is 363 g/mol. The molecule has 0 spiro atoms. The molecule has 0 aliphatic heterocycles. The molecule has 0 aliphatic carbocycles. The van der Waals surface area contributed by atoms with Crippen molar-refractivity contribution in [1.29, 1.82) is 0 Å². The maximum absolute atomic E-state index is 11.7. The molecule has 0 fully saturated rings. The van der Waals surface area contributed by atoms with Crippen LogP contribution in [0.1, 0.15) is 18.1 Å². The van der Waals surface area contributed by atoms with Gasteiger partial charge in [-0.1, -0.05) is 77.5 Å². The van der Waals surface area contributed by atoms with E-state index in [2.05, 4.69) is 43.1 Å². The van der Waals surface area contributed by atoms with Crippen LogP contribution in [0.4, 0.5) is 0 Å². The molecule has 3 rings (SSSR count). The fourth-order valence-corrected chi connectivity index (χ4v) is 3.20. The molecule has 0 saturated heterocycles. The van der Waals surface area contributed by atoms with E-state index in [0.29, 0.717) is 11.0 Å². The first-order chi connectivity index (χ1) is 12.6. The monoisotopic (exact) mass is 363 g/mol. The second-order valence-electron chi connectivity index (χ2n) is 6.14. The summed E-state index contributed by atoms with van der Waals surface area (Å²) in [7, 11) is 0. The van der Waals surface area contributed by atoms with Gasteiger partial charge in [-0.3, -0.25) is 4.79 Å². The number of aromatic nitrogens is 1. The van der Waals surface area contributed by atoms with Crippen molar-refractivity contribution >= 4 is 17.5 Å². The lowest BCUT2D eigenvalue weighted by atomic mass is 10.0. The molecule has 0 unspecified atom stereocenters. The van der Waals surface area contributed by atoms with Crippen molar-refractivity contribution in [2.45, 2.75) is 26.0 Å². The molecule has 0 atom stereocenters. The highest BCUT2D eigenvalue weighted by molar-refractivity contribution is 7.99. The third-order valence-corrected chi connectivity index (χ3v) is 4.79. The van der Waals surface area contributed by atoms with Crippen molar-refractivity contribution in [2.75, 3.05) is 5.75 Å². The lowest BCUT2D eigenvalue weighted by Gasteiger charge is -2.02. The first kappa shape index (κ1) is 18.2. The predicted molar refractivity (Wildman–Crippen MR) is 107 cm³/mol. The molecular weight excluding hydrogens is 342 g/mol. The number of carbonyl (C=O) groups excluding carboxylic acids is 1. The van der Waals surface area contributed by atoms with Crippen LogP contribution in [0.3, 0.4) is 0 Å². The Morgan fingerprint density at radius 3 is 2.15 bits per heavy atom. The zero-order valence-corrected chi connectivity index (χ0v) is 16.0. The van der Waals surface area contributed by atoms with Gasteiger partial charge in [-0.15, -0.1) is 0 Å². The molecule has 3 aromatic rings. The summed E-state index contributed by atoms with van der Waals surface area (Å²) in [5.41, 5.74) is 5.17. The normalized spacial score (nSPS) is 11.2. The number of benzene rings is 2. The summed E-state index contributed by atoms with van der Waals surface area (Å²) in [5.74, 6) is 1.09. The molecule has 3 nitrogen and oxygen atoms in total. The van der Waals surface area contributed by atoms with E-state index < -0.39 is 0 Å². The Morgan fingerprint density at radius 2 is 1.58 bits per heavy atom. The molecule has 1 aromatic heterocycles. The molecule has 2 aromatic carbocycles. The summed E-state index contributed by atoms with van der Waals surface area (Å²) in [4.78, 5) is 16.4. The van der Waals surface area contributed by atoms with E-state index in [1.54, 1.807) is 12.2 Å². The maximum Gasteiger partial charge on any atom is 0.257 e. The molecular formula is C22H21NO2S. The summed E-state index contributed by atoms with van der Waals surface area (Å²) < 4.78 is 6.03. The smallest absolute Gasteiger partial charge is 0.257 e. The zero-order chi connectivity index (χ0) is 18.5. The third kappa shape index (κ3) is 4.33. The minimum absolute atomic E-state index is 0.0458. The Hall–Kier alpha value is -2.59. The van der Waals surface area contributed by atoms with Crippen LogP contribution in [0.5, 0.6) is 0 Å². The van der Waals surface area contributed by atoms with Crippen molar-refractivity contribution < 1.29 is 9.21 Å². The molecule has 0 N–H and O–H groups in total. The Kier molecular flexibility index (Phi) is 5.74. The summed E-state index contributed by atoms with van der Waals surface area (Å²) in [5, 5.41) is 0.508. The van der Waals surface area contributed by atoms with Crippen molar-refractivity contribution in [3.63, 3.8) is 0 Å². The minimum atomic E-state index is 0.0458. The van der Waals surface area contributed by atoms with Gasteiger partial charge in [0.25, 0.3) is 5.22 Å². The van der Waals surface area contributed by atoms with E-state index >= 15 is 0 Å². The second kappa shape index (κ2) is 8.19. The Labute approximate surface area is 158 Å². The van der Waals surface area contributed by atoms with Crippen molar-refractivity contribution in [2.24, 2.45) is 0 Å². The van der Waals surface area contributed by atoms with Gasteiger partial charge in [0.2, 0.25) is 0 Å². The van der Waals surface area contributed by atoms with Crippen LogP contribution in [-0.2, 0) is 4.79 Å². The summed E-state index contributed by atoms with van der Waals surface area (Å²) >= 11 is 1.32. The van der Waals surface area contributed by atoms with E-state index in [9.17, 15) is 4.79 Å². The molecule has 0 bridgehead atoms. The van der Waals surface area contributed by atoms with E-state index in [1.807, 2.05) is 31.2 Å². The highest BCUT2D eigenvalue weighted by Crippen LogP contribution is 2.35. The maximum atomic E-state index is 11.7. The van der Waals surface area contributed by atoms with Crippen LogP contribution in [-0.4, -0.2) is 16.5 Å². The van der Waals surface area contributed by atoms with Gasteiger partial charge in [-0.05, 0) is 26.8 Å². The van der Waals surface area contributed by atoms with Gasteiger partial charge in [0.05, 0.1) is 5.75 Å². The Balaban J connectivity index is 1.98. The number of hydrogen-bond acceptors (Lipinski definition) is 4. The molecule has 1 heterocycles. The number of hydrogen-bond donors (Lipinski definition) is 0. The van der Waals surface area contributed by atoms with Gasteiger partial charge in [0.15, 0.2) is 11.5 Å². The molecule has 0 saturated carbocycles. The van der Waals surface area contributed by atoms with Crippen molar-refractivity contribution in [3.05, 3.63) is 71.8 Å². The number of oxazole rings is 1. The number of carbonyl (C=O) groups is 1. The topological polar surface area (TPSA) is 43.1 Å². The number of nitrogens with zero attached hydrogens (tertiary/aromatic N) is 1. The minimum Gasteiger partial charge on any atom is -0.431 e. The standard InChI is InChI=1S/C22H21NO2S/c1-4-5-19(24)14-26-22-23-20(17-10-6-15(2)7-11-17)21(25-22)18-12-8-16(3)9-13-18/h4-13H,14H2,1-3H3/b5-4+. The van der Waals surface area contributed by atoms with Gasteiger partial charge < -0.3 is 4.42 Å². The highest BCUT2D eigenvalue weighted by atomic mass is 32.2. The third-order valence-electron chi connectivity index (χ3n) is 3.94. The molecule has 132 valence electrons. The van der Waals surface area contributed by atoms with Gasteiger partial charge in [0.1, 0.15) is 5.69 Å². The van der Waals surface area contributed by atoms with Gasteiger partial charge in [0, 0.05) is 11.1 Å². The summed E-state index contributed by atoms with van der Waals surface area (Å²) in [6.45, 7) is 5.94. The van der Waals surface area contributed by atoms with Crippen LogP contribution < -0.4 is 0 Å². The fraction of sp³-hybridized carbons (Fsp3) is 0.182. The second-order valence-corrected chi connectivity index (χ2v) is 7.07. The number of aryl methyl sites for hydroxylation is 2. The van der Waals surface area contributed by atoms with Gasteiger partial charge in [-0.2, -0.15) is 0 Å². The van der Waals surface area contributed by atoms with Crippen molar-refractivity contribution in [3.8, 4) is 22.6 Å². The molecule has 0 aliphatic rings. The van der Waals surface area contributed by atoms with E-state index in [-0.39, 0.29) is 5.78 Å². The largest absolute Gasteiger partial charge is 0.431 e. The van der Waals surface area contributed by atoms with Crippen LogP contribution in [0.15, 0.2) is 70.3 Å². The summed E-state index contributed by atoms with van der Waals surface area (Å²) in [6, 6.07) is 16.4. The quantitative estimate of drug-likeness (QED) is 0.406. The van der Waals surface area contributed by atoms with Crippen molar-refractivity contribution in [1.82, 2.24) is 4.98 Å². The lowest BCUT2D eigenvalue weighted by Crippen LogP contribution is -1.95. The van der Waals surface area contributed by atoms with E-state index in [4.69, 9.17) is 4.42 Å². The number of rotatable bonds is 6. The molecule has 4 heteroatoms. The first-order valence-electron chi connectivity index (χ1n) is 8.50. The van der Waals surface area contributed by atoms with Crippen LogP contribution >= 0.6 is 11.8 Å². The first-order valence-corrected chi connectivity index (χ1v) is 9.48. The summed E-state index contributed by atoms with van der Waals surface area (Å²) in [6.07, 6.45) is 3.31. The molecule has 0 amide bonds. The number of thioether (sulfide) groups is 1. The average Bonchev–Trinajstić information content (AvgIpc) is 3.06. The Morgan fingerprint density at radius 1 is 1.00 bits per heavy atom. The molecule has 26 heavy (non-hydrogen) atoms. The van der Waals surface area contributed by atoms with Crippen LogP contribution in [0.2, 0.25) is 0 Å². The number of ketones is 1. The molecule has 0 radical (unpaired) electrons. The van der Waals surface area contributed by atoms with Gasteiger partial charge >= 0.3 is 0 Å². The van der Waals surface area contributed by atoms with Gasteiger partial charge in [-0.25, -0.2) is 4.98 Å². The van der Waals surface area contributed by atoms with E-state index in [0.717, 1.165) is 22.6 Å². The SMILES string of the molecule is C/C=C/C(=O)CSc1nc(-c2ccc(C)cc2)c(-c2ccc(C)cc2)o1. The van der Waals surface area contributed by atoms with Crippen LogP contribution in [0.25, 0.3) is 22.6 Å². The highest BCUT2D eigenvalue weighted by Gasteiger charge is 2.17. The zero-order valence-electron chi connectivity index (χ0n) is 15.2. The Bertz CT molecular complexity index is 859. The number of allylic oxidation sites excluding steroid dienone is 2.